The van der Waals surface area contributed by atoms with Crippen LogP contribution in [0.25, 0.3) is 0 Å². The Morgan fingerprint density at radius 1 is 1.26 bits per heavy atom. The molecule has 1 unspecified atom stereocenters. The van der Waals surface area contributed by atoms with Gasteiger partial charge in [0.1, 0.15) is 0 Å². The summed E-state index contributed by atoms with van der Waals surface area (Å²) in [4.78, 5) is 6.79. The lowest BCUT2D eigenvalue weighted by atomic mass is 9.90. The van der Waals surface area contributed by atoms with Crippen LogP contribution in [-0.2, 0) is 9.47 Å². The molecule has 1 N–H and O–H groups in total. The molecule has 0 spiro atoms. The summed E-state index contributed by atoms with van der Waals surface area (Å²) < 4.78 is 10.7. The molecule has 0 aromatic heterocycles. The number of hydrogen-bond donors (Lipinski definition) is 1. The Morgan fingerprint density at radius 2 is 2.04 bits per heavy atom. The maximum Gasteiger partial charge on any atom is 0.193 e. The molecule has 1 saturated heterocycles. The summed E-state index contributed by atoms with van der Waals surface area (Å²) in [7, 11) is 3.58. The van der Waals surface area contributed by atoms with E-state index in [2.05, 4.69) is 36.0 Å². The minimum atomic E-state index is 0.437. The number of nitrogens with one attached hydrogen (secondary N) is 1. The van der Waals surface area contributed by atoms with Gasteiger partial charge in [-0.25, -0.2) is 0 Å². The maximum atomic E-state index is 5.65. The highest BCUT2D eigenvalue weighted by Gasteiger charge is 2.24. The lowest BCUT2D eigenvalue weighted by Crippen LogP contribution is -2.40. The second kappa shape index (κ2) is 10.9. The van der Waals surface area contributed by atoms with Crippen LogP contribution in [0.1, 0.15) is 46.5 Å². The molecule has 136 valence electrons. The van der Waals surface area contributed by atoms with Gasteiger partial charge in [-0.3, -0.25) is 4.99 Å². The van der Waals surface area contributed by atoms with Gasteiger partial charge in [0, 0.05) is 39.7 Å². The van der Waals surface area contributed by atoms with Crippen LogP contribution in [0.3, 0.4) is 0 Å². The van der Waals surface area contributed by atoms with Crippen molar-refractivity contribution in [2.45, 2.75) is 46.5 Å². The minimum Gasteiger partial charge on any atom is -0.382 e. The van der Waals surface area contributed by atoms with Crippen molar-refractivity contribution in [2.24, 2.45) is 16.3 Å². The van der Waals surface area contributed by atoms with Crippen LogP contribution < -0.4 is 5.32 Å². The monoisotopic (exact) mass is 327 g/mol. The average molecular weight is 328 g/mol. The molecule has 0 aliphatic carbocycles. The molecular weight excluding hydrogens is 290 g/mol. The Bertz CT molecular complexity index is 340. The van der Waals surface area contributed by atoms with Crippen LogP contribution >= 0.6 is 0 Å². The summed E-state index contributed by atoms with van der Waals surface area (Å²) in [6, 6.07) is 0. The van der Waals surface area contributed by atoms with Gasteiger partial charge in [-0.2, -0.15) is 0 Å². The van der Waals surface area contributed by atoms with E-state index >= 15 is 0 Å². The van der Waals surface area contributed by atoms with E-state index in [1.54, 1.807) is 7.11 Å². The predicted molar refractivity (Wildman–Crippen MR) is 97.0 cm³/mol. The van der Waals surface area contributed by atoms with Crippen LogP contribution in [0.4, 0.5) is 0 Å². The van der Waals surface area contributed by atoms with E-state index in [0.717, 1.165) is 32.2 Å². The number of likely N-dealkylation sites (tertiary alicyclic amines) is 1. The Balaban J connectivity index is 2.18. The summed E-state index contributed by atoms with van der Waals surface area (Å²) in [6.45, 7) is 12.2. The molecule has 0 aromatic carbocycles. The van der Waals surface area contributed by atoms with Crippen LogP contribution in [0.2, 0.25) is 0 Å². The third-order valence-corrected chi connectivity index (χ3v) is 4.22. The Hall–Kier alpha value is -0.810. The molecule has 1 atom stereocenters. The number of guanidine groups is 1. The molecule has 1 aliphatic heterocycles. The van der Waals surface area contributed by atoms with Gasteiger partial charge in [0.05, 0.1) is 19.8 Å². The average Bonchev–Trinajstić information content (AvgIpc) is 2.95. The summed E-state index contributed by atoms with van der Waals surface area (Å²) in [6.07, 6.45) is 4.92. The van der Waals surface area contributed by atoms with Gasteiger partial charge in [-0.1, -0.05) is 27.2 Å². The van der Waals surface area contributed by atoms with E-state index in [1.807, 2.05) is 7.05 Å². The maximum absolute atomic E-state index is 5.65. The predicted octanol–water partition coefficient (Wildman–Crippen LogP) is 2.76. The van der Waals surface area contributed by atoms with Crippen LogP contribution in [-0.4, -0.2) is 64.5 Å². The summed E-state index contributed by atoms with van der Waals surface area (Å²) >= 11 is 0. The third kappa shape index (κ3) is 9.16. The summed E-state index contributed by atoms with van der Waals surface area (Å²) in [5, 5.41) is 3.51. The molecule has 5 heteroatoms. The summed E-state index contributed by atoms with van der Waals surface area (Å²) in [5.41, 5.74) is 0.437. The van der Waals surface area contributed by atoms with E-state index in [1.165, 1.54) is 25.7 Å². The number of rotatable bonds is 9. The van der Waals surface area contributed by atoms with Crippen molar-refractivity contribution in [3.05, 3.63) is 0 Å². The second-order valence-corrected chi connectivity index (χ2v) is 7.66. The fraction of sp³-hybridized carbons (Fsp3) is 0.944. The molecular formula is C18H37N3O2. The first-order chi connectivity index (χ1) is 11.0. The quantitative estimate of drug-likeness (QED) is 0.402. The van der Waals surface area contributed by atoms with E-state index in [0.29, 0.717) is 24.5 Å². The van der Waals surface area contributed by atoms with Crippen molar-refractivity contribution in [3.8, 4) is 0 Å². The molecule has 0 amide bonds. The number of nitrogens with zero attached hydrogens (tertiary/aromatic N) is 2. The van der Waals surface area contributed by atoms with Crippen molar-refractivity contribution >= 4 is 5.96 Å². The van der Waals surface area contributed by atoms with E-state index in [-0.39, 0.29) is 0 Å². The first kappa shape index (κ1) is 20.2. The van der Waals surface area contributed by atoms with Crippen LogP contribution in [0.5, 0.6) is 0 Å². The molecule has 23 heavy (non-hydrogen) atoms. The van der Waals surface area contributed by atoms with Crippen molar-refractivity contribution in [3.63, 3.8) is 0 Å². The largest absolute Gasteiger partial charge is 0.382 e. The van der Waals surface area contributed by atoms with Crippen molar-refractivity contribution < 1.29 is 9.47 Å². The fourth-order valence-corrected chi connectivity index (χ4v) is 2.87. The molecule has 1 rings (SSSR count). The number of aliphatic imine (C=N–C) groups is 1. The van der Waals surface area contributed by atoms with Crippen molar-refractivity contribution in [1.82, 2.24) is 10.2 Å². The van der Waals surface area contributed by atoms with Crippen LogP contribution in [0.15, 0.2) is 4.99 Å². The molecule has 1 aliphatic rings. The first-order valence-electron chi connectivity index (χ1n) is 8.98. The van der Waals surface area contributed by atoms with Crippen LogP contribution in [0, 0.1) is 11.3 Å². The van der Waals surface area contributed by atoms with Crippen molar-refractivity contribution in [1.29, 1.82) is 0 Å². The zero-order valence-corrected chi connectivity index (χ0v) is 15.9. The molecule has 0 radical (unpaired) electrons. The molecule has 5 nitrogen and oxygen atoms in total. The molecule has 0 bridgehead atoms. The Labute approximate surface area is 142 Å². The highest BCUT2D eigenvalue weighted by atomic mass is 16.5. The molecule has 0 saturated carbocycles. The summed E-state index contributed by atoms with van der Waals surface area (Å²) in [5.74, 6) is 1.64. The lowest BCUT2D eigenvalue weighted by Gasteiger charge is -2.22. The van der Waals surface area contributed by atoms with Gasteiger partial charge in [0.2, 0.25) is 0 Å². The van der Waals surface area contributed by atoms with Gasteiger partial charge < -0.3 is 19.7 Å². The second-order valence-electron chi connectivity index (χ2n) is 7.66. The van der Waals surface area contributed by atoms with Gasteiger partial charge in [-0.05, 0) is 24.7 Å². The van der Waals surface area contributed by atoms with Gasteiger partial charge in [0.25, 0.3) is 0 Å². The number of methoxy groups -OCH3 is 1. The fourth-order valence-electron chi connectivity index (χ4n) is 2.87. The SMILES string of the molecule is CN=C(NCCCCC(C)(C)C)N1CCC(COCCOC)C1. The van der Waals surface area contributed by atoms with Gasteiger partial charge >= 0.3 is 0 Å². The molecule has 0 aromatic rings. The number of hydrogen-bond acceptors (Lipinski definition) is 3. The zero-order valence-electron chi connectivity index (χ0n) is 15.9. The van der Waals surface area contributed by atoms with E-state index in [9.17, 15) is 0 Å². The highest BCUT2D eigenvalue weighted by Crippen LogP contribution is 2.21. The minimum absolute atomic E-state index is 0.437. The van der Waals surface area contributed by atoms with Crippen molar-refractivity contribution in [2.75, 3.05) is 53.6 Å². The third-order valence-electron chi connectivity index (χ3n) is 4.22. The number of unbranched alkanes of at least 4 members (excludes halogenated alkanes) is 1. The Kier molecular flexibility index (Phi) is 9.56. The Morgan fingerprint density at radius 3 is 2.70 bits per heavy atom. The molecule has 1 heterocycles. The topological polar surface area (TPSA) is 46.1 Å². The van der Waals surface area contributed by atoms with E-state index < -0.39 is 0 Å². The zero-order chi connectivity index (χ0) is 17.1. The number of ether oxygens (including phenoxy) is 2. The van der Waals surface area contributed by atoms with E-state index in [4.69, 9.17) is 9.47 Å². The van der Waals surface area contributed by atoms with Gasteiger partial charge in [-0.15, -0.1) is 0 Å². The highest BCUT2D eigenvalue weighted by molar-refractivity contribution is 5.80. The first-order valence-corrected chi connectivity index (χ1v) is 8.98. The molecule has 1 fully saturated rings. The normalized spacial score (nSPS) is 19.4. The lowest BCUT2D eigenvalue weighted by molar-refractivity contribution is 0.0536. The standard InChI is InChI=1S/C18H37N3O2/c1-18(2,3)9-6-7-10-20-17(19-4)21-11-8-16(14-21)15-23-13-12-22-5/h16H,6-15H2,1-5H3,(H,19,20). The smallest absolute Gasteiger partial charge is 0.193 e. The van der Waals surface area contributed by atoms with Gasteiger partial charge in [0.15, 0.2) is 5.96 Å².